The molecule has 1 aliphatic rings. The van der Waals surface area contributed by atoms with Gasteiger partial charge in [-0.05, 0) is 24.6 Å². The van der Waals surface area contributed by atoms with Crippen LogP contribution in [0.1, 0.15) is 26.3 Å². The van der Waals surface area contributed by atoms with Gasteiger partial charge in [-0.2, -0.15) is 0 Å². The van der Waals surface area contributed by atoms with Gasteiger partial charge in [-0.1, -0.05) is 41.9 Å². The average molecular weight is 299 g/mol. The standard InChI is InChI=1S/C11H13BrN2O.C2H6/c1-11(10(15)13-6-7-14-11)8-2-4-9(12)5-3-8;1-2/h2-5,14H,6-7H2,1H3,(H,13,15);1-2H3. The lowest BCUT2D eigenvalue weighted by Gasteiger charge is -2.34. The van der Waals surface area contributed by atoms with Gasteiger partial charge in [0.1, 0.15) is 5.54 Å². The highest BCUT2D eigenvalue weighted by Gasteiger charge is 2.36. The van der Waals surface area contributed by atoms with E-state index in [-0.39, 0.29) is 5.91 Å². The Morgan fingerprint density at radius 3 is 2.29 bits per heavy atom. The number of carbonyl (C=O) groups excluding carboxylic acids is 1. The van der Waals surface area contributed by atoms with Crippen molar-refractivity contribution < 1.29 is 4.79 Å². The van der Waals surface area contributed by atoms with Gasteiger partial charge in [-0.3, -0.25) is 10.1 Å². The molecule has 0 bridgehead atoms. The number of amides is 1. The first kappa shape index (κ1) is 14.2. The normalized spacial score (nSPS) is 23.4. The van der Waals surface area contributed by atoms with Crippen LogP contribution in [0.4, 0.5) is 0 Å². The number of benzene rings is 1. The van der Waals surface area contributed by atoms with Crippen LogP contribution < -0.4 is 10.6 Å². The van der Waals surface area contributed by atoms with E-state index in [9.17, 15) is 4.79 Å². The summed E-state index contributed by atoms with van der Waals surface area (Å²) in [7, 11) is 0. The maximum atomic E-state index is 11.8. The number of rotatable bonds is 1. The molecule has 94 valence electrons. The number of halogens is 1. The van der Waals surface area contributed by atoms with Gasteiger partial charge in [0.25, 0.3) is 0 Å². The number of nitrogens with one attached hydrogen (secondary N) is 2. The summed E-state index contributed by atoms with van der Waals surface area (Å²) >= 11 is 3.38. The molecule has 3 nitrogen and oxygen atoms in total. The first-order valence-electron chi connectivity index (χ1n) is 5.92. The van der Waals surface area contributed by atoms with Crippen LogP contribution in [0.5, 0.6) is 0 Å². The zero-order valence-corrected chi connectivity index (χ0v) is 12.1. The molecule has 2 rings (SSSR count). The second-order valence-electron chi connectivity index (χ2n) is 3.81. The van der Waals surface area contributed by atoms with E-state index < -0.39 is 5.54 Å². The SMILES string of the molecule is CC.CC1(c2ccc(Br)cc2)NCCNC1=O. The second-order valence-corrected chi connectivity index (χ2v) is 4.73. The molecule has 0 saturated carbocycles. The Morgan fingerprint density at radius 1 is 1.18 bits per heavy atom. The Kier molecular flexibility index (Phi) is 5.15. The van der Waals surface area contributed by atoms with Gasteiger partial charge in [0.05, 0.1) is 0 Å². The van der Waals surface area contributed by atoms with Crippen molar-refractivity contribution in [2.45, 2.75) is 26.3 Å². The first-order valence-corrected chi connectivity index (χ1v) is 6.71. The number of hydrogen-bond acceptors (Lipinski definition) is 2. The maximum absolute atomic E-state index is 11.8. The average Bonchev–Trinajstić information content (AvgIpc) is 2.36. The van der Waals surface area contributed by atoms with Crippen molar-refractivity contribution in [3.05, 3.63) is 34.3 Å². The monoisotopic (exact) mass is 298 g/mol. The lowest BCUT2D eigenvalue weighted by Crippen LogP contribution is -2.59. The van der Waals surface area contributed by atoms with Crippen LogP contribution in [0.2, 0.25) is 0 Å². The summed E-state index contributed by atoms with van der Waals surface area (Å²) in [6.45, 7) is 7.41. The minimum absolute atomic E-state index is 0.0380. The topological polar surface area (TPSA) is 41.1 Å². The fraction of sp³-hybridized carbons (Fsp3) is 0.462. The molecular formula is C13H19BrN2O. The Labute approximate surface area is 111 Å². The molecule has 1 atom stereocenters. The largest absolute Gasteiger partial charge is 0.353 e. The van der Waals surface area contributed by atoms with Crippen LogP contribution in [-0.4, -0.2) is 19.0 Å². The van der Waals surface area contributed by atoms with Gasteiger partial charge in [0, 0.05) is 17.6 Å². The molecule has 1 aliphatic heterocycles. The summed E-state index contributed by atoms with van der Waals surface area (Å²) in [5, 5.41) is 6.13. The lowest BCUT2D eigenvalue weighted by atomic mass is 9.89. The van der Waals surface area contributed by atoms with E-state index in [0.29, 0.717) is 6.54 Å². The van der Waals surface area contributed by atoms with Gasteiger partial charge in [-0.25, -0.2) is 0 Å². The highest BCUT2D eigenvalue weighted by atomic mass is 79.9. The zero-order chi connectivity index (χ0) is 12.9. The summed E-state index contributed by atoms with van der Waals surface area (Å²) < 4.78 is 1.02. The minimum Gasteiger partial charge on any atom is -0.353 e. The number of carbonyl (C=O) groups is 1. The van der Waals surface area contributed by atoms with E-state index >= 15 is 0 Å². The molecule has 17 heavy (non-hydrogen) atoms. The molecule has 0 spiro atoms. The van der Waals surface area contributed by atoms with E-state index in [4.69, 9.17) is 0 Å². The first-order chi connectivity index (χ1) is 8.13. The van der Waals surface area contributed by atoms with Crippen molar-refractivity contribution in [2.24, 2.45) is 0 Å². The van der Waals surface area contributed by atoms with E-state index in [1.54, 1.807) is 0 Å². The molecule has 4 heteroatoms. The van der Waals surface area contributed by atoms with Crippen LogP contribution in [-0.2, 0) is 10.3 Å². The van der Waals surface area contributed by atoms with Gasteiger partial charge >= 0.3 is 0 Å². The van der Waals surface area contributed by atoms with Crippen LogP contribution >= 0.6 is 15.9 Å². The third-order valence-electron chi connectivity index (χ3n) is 2.76. The summed E-state index contributed by atoms with van der Waals surface area (Å²) in [5.41, 5.74) is 0.391. The Balaban J connectivity index is 0.000000686. The molecule has 1 aromatic carbocycles. The van der Waals surface area contributed by atoms with Crippen molar-refractivity contribution in [2.75, 3.05) is 13.1 Å². The molecule has 1 unspecified atom stereocenters. The number of piperazine rings is 1. The van der Waals surface area contributed by atoms with E-state index in [0.717, 1.165) is 16.6 Å². The molecular weight excluding hydrogens is 280 g/mol. The van der Waals surface area contributed by atoms with Gasteiger partial charge in [-0.15, -0.1) is 0 Å². The number of hydrogen-bond donors (Lipinski definition) is 2. The highest BCUT2D eigenvalue weighted by molar-refractivity contribution is 9.10. The van der Waals surface area contributed by atoms with Gasteiger partial charge < -0.3 is 5.32 Å². The summed E-state index contributed by atoms with van der Waals surface area (Å²) in [4.78, 5) is 11.8. The van der Waals surface area contributed by atoms with Gasteiger partial charge in [0.15, 0.2) is 0 Å². The van der Waals surface area contributed by atoms with Crippen molar-refractivity contribution >= 4 is 21.8 Å². The molecule has 0 aliphatic carbocycles. The molecule has 2 N–H and O–H groups in total. The van der Waals surface area contributed by atoms with Crippen molar-refractivity contribution in [3.8, 4) is 0 Å². The zero-order valence-electron chi connectivity index (χ0n) is 10.5. The maximum Gasteiger partial charge on any atom is 0.244 e. The molecule has 0 radical (unpaired) electrons. The Hall–Kier alpha value is -0.870. The third kappa shape index (κ3) is 3.07. The molecule has 1 saturated heterocycles. The summed E-state index contributed by atoms with van der Waals surface area (Å²) in [5.74, 6) is 0.0380. The molecule has 1 amide bonds. The molecule has 0 aromatic heterocycles. The van der Waals surface area contributed by atoms with E-state index in [1.807, 2.05) is 45.0 Å². The van der Waals surface area contributed by atoms with Crippen LogP contribution in [0.15, 0.2) is 28.7 Å². The molecule has 1 aromatic rings. The fourth-order valence-corrected chi connectivity index (χ4v) is 2.03. The fourth-order valence-electron chi connectivity index (χ4n) is 1.76. The predicted octanol–water partition coefficient (Wildman–Crippen LogP) is 2.41. The minimum atomic E-state index is -0.598. The Bertz CT molecular complexity index is 378. The third-order valence-corrected chi connectivity index (χ3v) is 3.29. The molecule has 1 heterocycles. The van der Waals surface area contributed by atoms with Crippen molar-refractivity contribution in [1.29, 1.82) is 0 Å². The summed E-state index contributed by atoms with van der Waals surface area (Å²) in [6.07, 6.45) is 0. The van der Waals surface area contributed by atoms with Crippen LogP contribution in [0.25, 0.3) is 0 Å². The second kappa shape index (κ2) is 6.17. The lowest BCUT2D eigenvalue weighted by molar-refractivity contribution is -0.128. The van der Waals surface area contributed by atoms with E-state index in [1.165, 1.54) is 0 Å². The summed E-state index contributed by atoms with van der Waals surface area (Å²) in [6, 6.07) is 7.82. The molecule has 1 fully saturated rings. The van der Waals surface area contributed by atoms with Crippen molar-refractivity contribution in [1.82, 2.24) is 10.6 Å². The van der Waals surface area contributed by atoms with E-state index in [2.05, 4.69) is 26.6 Å². The van der Waals surface area contributed by atoms with Gasteiger partial charge in [0.2, 0.25) is 5.91 Å². The van der Waals surface area contributed by atoms with Crippen molar-refractivity contribution in [3.63, 3.8) is 0 Å². The Morgan fingerprint density at radius 2 is 1.76 bits per heavy atom. The van der Waals surface area contributed by atoms with Crippen LogP contribution in [0, 0.1) is 0 Å². The highest BCUT2D eigenvalue weighted by Crippen LogP contribution is 2.24. The van der Waals surface area contributed by atoms with Crippen LogP contribution in [0.3, 0.4) is 0 Å². The predicted molar refractivity (Wildman–Crippen MR) is 73.9 cm³/mol. The smallest absolute Gasteiger partial charge is 0.244 e. The quantitative estimate of drug-likeness (QED) is 0.836.